The summed E-state index contributed by atoms with van der Waals surface area (Å²) in [4.78, 5) is 36.1. The van der Waals surface area contributed by atoms with Crippen LogP contribution in [0.2, 0.25) is 5.02 Å². The predicted octanol–water partition coefficient (Wildman–Crippen LogP) is 2.90. The Morgan fingerprint density at radius 3 is 2.89 bits per heavy atom. The number of esters is 1. The Morgan fingerprint density at radius 1 is 1.35 bits per heavy atom. The number of hydrogen-bond acceptors (Lipinski definition) is 10. The van der Waals surface area contributed by atoms with E-state index < -0.39 is 17.8 Å². The molecule has 0 radical (unpaired) electrons. The zero-order chi connectivity index (χ0) is 26.1. The number of nitrogens with zero attached hydrogens (tertiary/aromatic N) is 3. The monoisotopic (exact) mass is 548 g/mol. The smallest absolute Gasteiger partial charge is 0.338 e. The number of aromatic nitrogens is 1. The molecule has 3 aliphatic heterocycles. The van der Waals surface area contributed by atoms with Gasteiger partial charge in [0.05, 0.1) is 38.0 Å². The van der Waals surface area contributed by atoms with Crippen LogP contribution in [0.3, 0.4) is 0 Å². The maximum absolute atomic E-state index is 13.9. The average Bonchev–Trinajstić information content (AvgIpc) is 3.46. The number of hydrogen-bond donors (Lipinski definition) is 1. The maximum Gasteiger partial charge on any atom is 0.338 e. The van der Waals surface area contributed by atoms with E-state index in [1.54, 1.807) is 6.20 Å². The van der Waals surface area contributed by atoms with Crippen LogP contribution < -0.4 is 5.32 Å². The molecule has 0 spiro atoms. The molecule has 2 fully saturated rings. The minimum atomic E-state index is -0.834. The minimum absolute atomic E-state index is 0.0399. The topological polar surface area (TPSA) is 102 Å². The predicted molar refractivity (Wildman–Crippen MR) is 135 cm³/mol. The molecule has 4 heterocycles. The molecule has 37 heavy (non-hydrogen) atoms. The summed E-state index contributed by atoms with van der Waals surface area (Å²) in [5, 5.41) is 5.93. The zero-order valence-corrected chi connectivity index (χ0v) is 21.9. The number of nitrogens with one attached hydrogen (secondary N) is 1. The number of carbonyl (C=O) groups excluding carboxylic acids is 2. The van der Waals surface area contributed by atoms with Gasteiger partial charge in [0.25, 0.3) is 0 Å². The molecule has 0 saturated carbocycles. The number of ether oxygens (including phenoxy) is 3. The first-order valence-corrected chi connectivity index (χ1v) is 13.1. The molecule has 3 aliphatic rings. The van der Waals surface area contributed by atoms with Gasteiger partial charge in [-0.2, -0.15) is 0 Å². The van der Waals surface area contributed by atoms with Gasteiger partial charge in [-0.25, -0.2) is 14.2 Å². The molecule has 2 aromatic rings. The molecule has 1 aromatic carbocycles. The number of carbonyl (C=O) groups is 2. The Labute approximate surface area is 222 Å². The van der Waals surface area contributed by atoms with Crippen LogP contribution in [0, 0.1) is 5.82 Å². The largest absolute Gasteiger partial charge is 0.466 e. The van der Waals surface area contributed by atoms with Gasteiger partial charge in [-0.05, 0) is 25.5 Å². The van der Waals surface area contributed by atoms with Crippen LogP contribution in [0.25, 0.3) is 0 Å². The van der Waals surface area contributed by atoms with Gasteiger partial charge in [0.1, 0.15) is 18.5 Å². The van der Waals surface area contributed by atoms with Crippen molar-refractivity contribution in [3.8, 4) is 0 Å². The average molecular weight is 549 g/mol. The summed E-state index contributed by atoms with van der Waals surface area (Å²) in [6.45, 7) is 2.85. The van der Waals surface area contributed by atoms with E-state index in [1.165, 1.54) is 43.6 Å². The highest BCUT2D eigenvalue weighted by Gasteiger charge is 2.46. The fourth-order valence-electron chi connectivity index (χ4n) is 5.04. The van der Waals surface area contributed by atoms with Crippen molar-refractivity contribution < 1.29 is 28.2 Å². The number of methoxy groups -OCH3 is 1. The molecule has 0 amide bonds. The van der Waals surface area contributed by atoms with E-state index in [9.17, 15) is 14.0 Å². The molecule has 3 unspecified atom stereocenters. The van der Waals surface area contributed by atoms with Gasteiger partial charge in [-0.3, -0.25) is 14.7 Å². The Kier molecular flexibility index (Phi) is 7.68. The fourth-order valence-corrected chi connectivity index (χ4v) is 5.90. The molecule has 0 aliphatic carbocycles. The normalized spacial score (nSPS) is 25.6. The summed E-state index contributed by atoms with van der Waals surface area (Å²) in [7, 11) is 1.31. The summed E-state index contributed by atoms with van der Waals surface area (Å²) in [5.41, 5.74) is 1.34. The van der Waals surface area contributed by atoms with Crippen LogP contribution in [-0.4, -0.2) is 79.1 Å². The third kappa shape index (κ3) is 5.32. The van der Waals surface area contributed by atoms with Crippen LogP contribution in [0.1, 0.15) is 30.0 Å². The van der Waals surface area contributed by atoms with Gasteiger partial charge in [0.15, 0.2) is 16.6 Å². The van der Waals surface area contributed by atoms with E-state index in [-0.39, 0.29) is 41.2 Å². The number of rotatable bonds is 8. The molecule has 12 heteroatoms. The molecule has 9 nitrogen and oxygen atoms in total. The number of fused-ring (bicyclic) bond motifs is 2. The lowest BCUT2D eigenvalue weighted by atomic mass is 9.95. The molecule has 1 aromatic heterocycles. The number of halogens is 2. The molecule has 2 saturated heterocycles. The summed E-state index contributed by atoms with van der Waals surface area (Å²) < 4.78 is 30.7. The number of aliphatic imine (C=N–C) groups is 1. The lowest BCUT2D eigenvalue weighted by molar-refractivity contribution is -0.136. The van der Waals surface area contributed by atoms with Crippen molar-refractivity contribution in [2.45, 2.75) is 37.6 Å². The molecule has 196 valence electrons. The second-order valence-electron chi connectivity index (χ2n) is 9.11. The van der Waals surface area contributed by atoms with E-state index in [2.05, 4.69) is 15.2 Å². The van der Waals surface area contributed by atoms with Gasteiger partial charge in [0.2, 0.25) is 0 Å². The summed E-state index contributed by atoms with van der Waals surface area (Å²) >= 11 is 7.83. The van der Waals surface area contributed by atoms with E-state index in [4.69, 9.17) is 30.8 Å². The second-order valence-corrected chi connectivity index (χ2v) is 10.4. The van der Waals surface area contributed by atoms with Crippen LogP contribution in [-0.2, 0) is 23.8 Å². The van der Waals surface area contributed by atoms with Crippen LogP contribution in [0.4, 0.5) is 4.39 Å². The first-order valence-electron chi connectivity index (χ1n) is 11.8. The van der Waals surface area contributed by atoms with Crippen molar-refractivity contribution in [2.24, 2.45) is 4.99 Å². The molecular weight excluding hydrogens is 523 g/mol. The number of benzene rings is 1. The maximum atomic E-state index is 13.9. The molecule has 4 atom stereocenters. The lowest BCUT2D eigenvalue weighted by Gasteiger charge is -2.37. The summed E-state index contributed by atoms with van der Waals surface area (Å²) in [6.07, 6.45) is 2.21. The van der Waals surface area contributed by atoms with Crippen molar-refractivity contribution in [1.29, 1.82) is 0 Å². The van der Waals surface area contributed by atoms with Crippen molar-refractivity contribution >= 4 is 40.5 Å². The quantitative estimate of drug-likeness (QED) is 0.502. The zero-order valence-electron chi connectivity index (χ0n) is 20.3. The molecule has 1 N–H and O–H groups in total. The number of ketones is 1. The fraction of sp³-hybridized carbons (Fsp3) is 0.440. The minimum Gasteiger partial charge on any atom is -0.466 e. The van der Waals surface area contributed by atoms with Gasteiger partial charge in [0, 0.05) is 40.4 Å². The number of morpholine rings is 1. The van der Waals surface area contributed by atoms with E-state index in [0.29, 0.717) is 48.3 Å². The van der Waals surface area contributed by atoms with E-state index in [1.807, 2.05) is 5.38 Å². The Hall–Kier alpha value is -2.70. The van der Waals surface area contributed by atoms with Crippen molar-refractivity contribution in [1.82, 2.24) is 15.2 Å². The van der Waals surface area contributed by atoms with Crippen LogP contribution in [0.5, 0.6) is 0 Å². The van der Waals surface area contributed by atoms with Gasteiger partial charge >= 0.3 is 5.97 Å². The number of amidine groups is 1. The Balaban J connectivity index is 1.55. The highest BCUT2D eigenvalue weighted by atomic mass is 35.5. The number of thiazole rings is 1. The summed E-state index contributed by atoms with van der Waals surface area (Å²) in [6, 6.07) is 3.13. The van der Waals surface area contributed by atoms with Crippen molar-refractivity contribution in [3.63, 3.8) is 0 Å². The van der Waals surface area contributed by atoms with Crippen molar-refractivity contribution in [3.05, 3.63) is 62.5 Å². The molecule has 2 bridgehead atoms. The highest BCUT2D eigenvalue weighted by Crippen LogP contribution is 2.38. The van der Waals surface area contributed by atoms with Crippen LogP contribution in [0.15, 0.2) is 46.0 Å². The van der Waals surface area contributed by atoms with Crippen molar-refractivity contribution in [2.75, 3.05) is 33.5 Å². The van der Waals surface area contributed by atoms with Gasteiger partial charge in [-0.1, -0.05) is 17.7 Å². The van der Waals surface area contributed by atoms with E-state index in [0.717, 1.165) is 0 Å². The summed E-state index contributed by atoms with van der Waals surface area (Å²) in [5.74, 6) is -0.619. The SMILES string of the molecule is COC(=O)C1=C(CN2C3COCC2C(OCC(C)=O)C3)NC(c2nccs2)=N[C@H]1c1ccc(F)cc1Cl. The molecular formula is C25H26ClFN4O5S. The van der Waals surface area contributed by atoms with E-state index >= 15 is 0 Å². The molecule has 5 rings (SSSR count). The van der Waals surface area contributed by atoms with Gasteiger partial charge < -0.3 is 19.5 Å². The standard InChI is InChI=1S/C25H26ClFN4O5S/c1-13(32)10-36-20-8-15-11-35-12-19(20)31(15)9-18-21(25(33)34-2)22(16-4-3-14(27)7-17(16)26)30-23(29-18)24-28-5-6-37-24/h3-7,15,19-20,22H,8-12H2,1-2H3,(H,29,30)/t15?,19?,20?,22-/m0/s1. The first-order chi connectivity index (χ1) is 17.9. The second kappa shape index (κ2) is 11.0. The first kappa shape index (κ1) is 25.9. The number of Topliss-reactive ketones (excluding diaryl/α,β-unsaturated/α-hetero) is 1. The Morgan fingerprint density at radius 2 is 2.19 bits per heavy atom. The third-order valence-corrected chi connectivity index (χ3v) is 7.80. The lowest BCUT2D eigenvalue weighted by Crippen LogP contribution is -2.51. The Bertz CT molecular complexity index is 1250. The highest BCUT2D eigenvalue weighted by molar-refractivity contribution is 7.11. The van der Waals surface area contributed by atoms with Gasteiger partial charge in [-0.15, -0.1) is 11.3 Å². The third-order valence-electron chi connectivity index (χ3n) is 6.69. The van der Waals surface area contributed by atoms with Crippen LogP contribution >= 0.6 is 22.9 Å².